The highest BCUT2D eigenvalue weighted by molar-refractivity contribution is 5.70. The largest absolute Gasteiger partial charge is 0.466 e. The van der Waals surface area contributed by atoms with Crippen molar-refractivity contribution in [1.82, 2.24) is 19.6 Å². The van der Waals surface area contributed by atoms with Crippen LogP contribution < -0.4 is 0 Å². The third-order valence-corrected chi connectivity index (χ3v) is 14.3. The Hall–Kier alpha value is -2.60. The highest BCUT2D eigenvalue weighted by Gasteiger charge is 2.19. The topological polar surface area (TPSA) is 118 Å². The molecule has 0 heterocycles. The van der Waals surface area contributed by atoms with Gasteiger partial charge in [-0.15, -0.1) is 0 Å². The van der Waals surface area contributed by atoms with Gasteiger partial charge in [-0.25, -0.2) is 9.59 Å². The summed E-state index contributed by atoms with van der Waals surface area (Å²) in [5.74, 6) is 0.174. The van der Waals surface area contributed by atoms with Crippen LogP contribution in [0.3, 0.4) is 0 Å². The molecule has 0 aliphatic rings. The Morgan fingerprint density at radius 1 is 0.319 bits per heavy atom. The number of hydrogen-bond acceptors (Lipinski definition) is 10. The fourth-order valence-corrected chi connectivity index (χ4v) is 9.22. The SMILES string of the molecule is CCCCCCCCOC(=O)CCCCN(CCCCCCCC)C(=O)OCCN(CCOC(=O)N(CCCCCCCC)CCCCC(=O)OCC(CCCCCC)CCCCCC)CCN(CC)CC. The second-order valence-electron chi connectivity index (χ2n) is 20.8. The van der Waals surface area contributed by atoms with Crippen LogP contribution in [-0.4, -0.2) is 136 Å². The molecule has 0 radical (unpaired) electrons. The van der Waals surface area contributed by atoms with Crippen LogP contribution in [0.4, 0.5) is 9.59 Å². The number of carbonyl (C=O) groups excluding carboxylic acids is 4. The maximum Gasteiger partial charge on any atom is 0.409 e. The van der Waals surface area contributed by atoms with Gasteiger partial charge in [0.05, 0.1) is 13.2 Å². The highest BCUT2D eigenvalue weighted by Crippen LogP contribution is 2.20. The summed E-state index contributed by atoms with van der Waals surface area (Å²) in [5, 5.41) is 0. The van der Waals surface area contributed by atoms with Crippen LogP contribution in [0.25, 0.3) is 0 Å². The molecule has 0 saturated carbocycles. The van der Waals surface area contributed by atoms with Crippen molar-refractivity contribution < 1.29 is 38.1 Å². The lowest BCUT2D eigenvalue weighted by molar-refractivity contribution is -0.145. The minimum atomic E-state index is -0.303. The molecule has 12 heteroatoms. The normalized spacial score (nSPS) is 11.5. The predicted octanol–water partition coefficient (Wildman–Crippen LogP) is 15.6. The van der Waals surface area contributed by atoms with Crippen LogP contribution in [-0.2, 0) is 28.5 Å². The molecule has 12 nitrogen and oxygen atoms in total. The first kappa shape index (κ1) is 69.4. The van der Waals surface area contributed by atoms with Gasteiger partial charge in [0.1, 0.15) is 13.2 Å². The molecule has 0 aliphatic heterocycles. The average molecular weight is 1020 g/mol. The fourth-order valence-electron chi connectivity index (χ4n) is 9.22. The molecule has 72 heavy (non-hydrogen) atoms. The Labute approximate surface area is 444 Å². The Morgan fingerprint density at radius 3 is 1.08 bits per heavy atom. The number of carbonyl (C=O) groups is 4. The van der Waals surface area contributed by atoms with Crippen LogP contribution >= 0.6 is 0 Å². The number of ether oxygens (including phenoxy) is 4. The van der Waals surface area contributed by atoms with Crippen molar-refractivity contribution in [2.45, 2.75) is 267 Å². The molecular formula is C60H118N4O8. The van der Waals surface area contributed by atoms with Crippen molar-refractivity contribution in [2.75, 3.05) is 91.9 Å². The van der Waals surface area contributed by atoms with E-state index < -0.39 is 0 Å². The molecule has 0 bridgehead atoms. The van der Waals surface area contributed by atoms with Gasteiger partial charge < -0.3 is 33.6 Å². The van der Waals surface area contributed by atoms with Crippen LogP contribution in [0.1, 0.15) is 267 Å². The van der Waals surface area contributed by atoms with Crippen molar-refractivity contribution >= 4 is 24.1 Å². The number of hydrogen-bond donors (Lipinski definition) is 0. The van der Waals surface area contributed by atoms with Gasteiger partial charge in [-0.2, -0.15) is 0 Å². The van der Waals surface area contributed by atoms with E-state index >= 15 is 0 Å². The molecule has 0 aromatic rings. The lowest BCUT2D eigenvalue weighted by Crippen LogP contribution is -2.41. The Morgan fingerprint density at radius 2 is 0.667 bits per heavy atom. The van der Waals surface area contributed by atoms with E-state index in [2.05, 4.69) is 58.3 Å². The molecule has 0 atom stereocenters. The van der Waals surface area contributed by atoms with Gasteiger partial charge >= 0.3 is 24.1 Å². The third-order valence-electron chi connectivity index (χ3n) is 14.3. The number of esters is 2. The van der Waals surface area contributed by atoms with Gasteiger partial charge in [0.15, 0.2) is 0 Å². The number of amides is 2. The summed E-state index contributed by atoms with van der Waals surface area (Å²) in [6, 6.07) is 0. The molecule has 0 aromatic heterocycles. The van der Waals surface area contributed by atoms with Crippen LogP contribution in [0.2, 0.25) is 0 Å². The fraction of sp³-hybridized carbons (Fsp3) is 0.933. The number of nitrogens with zero attached hydrogens (tertiary/aromatic N) is 4. The molecule has 0 fully saturated rings. The molecule has 0 saturated heterocycles. The van der Waals surface area contributed by atoms with E-state index in [0.717, 1.165) is 90.4 Å². The minimum Gasteiger partial charge on any atom is -0.466 e. The third kappa shape index (κ3) is 43.8. The zero-order valence-corrected chi connectivity index (χ0v) is 48.6. The molecule has 0 aliphatic carbocycles. The van der Waals surface area contributed by atoms with Crippen LogP contribution in [0.15, 0.2) is 0 Å². The van der Waals surface area contributed by atoms with Crippen LogP contribution in [0.5, 0.6) is 0 Å². The minimum absolute atomic E-state index is 0.124. The lowest BCUT2D eigenvalue weighted by Gasteiger charge is -2.28. The van der Waals surface area contributed by atoms with E-state index in [1.54, 1.807) is 0 Å². The van der Waals surface area contributed by atoms with Gasteiger partial charge in [0.25, 0.3) is 0 Å². The Kier molecular flexibility index (Phi) is 51.3. The number of likely N-dealkylation sites (N-methyl/N-ethyl adjacent to an activating group) is 1. The Balaban J connectivity index is 5.39. The molecule has 2 amide bonds. The van der Waals surface area contributed by atoms with E-state index in [1.807, 2.05) is 9.80 Å². The molecule has 0 unspecified atom stereocenters. The summed E-state index contributed by atoms with van der Waals surface area (Å²) in [6.45, 7) is 24.0. The second-order valence-corrected chi connectivity index (χ2v) is 20.8. The van der Waals surface area contributed by atoms with E-state index in [1.165, 1.54) is 128 Å². The molecule has 0 N–H and O–H groups in total. The van der Waals surface area contributed by atoms with Gasteiger partial charge in [-0.1, -0.05) is 196 Å². The maximum absolute atomic E-state index is 13.7. The second kappa shape index (κ2) is 53.2. The first-order valence-corrected chi connectivity index (χ1v) is 30.8. The van der Waals surface area contributed by atoms with Crippen molar-refractivity contribution in [3.05, 3.63) is 0 Å². The summed E-state index contributed by atoms with van der Waals surface area (Å²) in [5.41, 5.74) is 0. The van der Waals surface area contributed by atoms with Gasteiger partial charge in [0.2, 0.25) is 0 Å². The molecule has 426 valence electrons. The van der Waals surface area contributed by atoms with E-state index in [9.17, 15) is 19.2 Å². The lowest BCUT2D eigenvalue weighted by atomic mass is 9.95. The Bertz CT molecular complexity index is 1210. The summed E-state index contributed by atoms with van der Waals surface area (Å²) in [6.07, 6.45) is 35.7. The van der Waals surface area contributed by atoms with Crippen molar-refractivity contribution in [3.63, 3.8) is 0 Å². The average Bonchev–Trinajstić information content (AvgIpc) is 3.38. The van der Waals surface area contributed by atoms with Crippen molar-refractivity contribution in [3.8, 4) is 0 Å². The quantitative estimate of drug-likeness (QED) is 0.0331. The van der Waals surface area contributed by atoms with Crippen molar-refractivity contribution in [1.29, 1.82) is 0 Å². The maximum atomic E-state index is 13.7. The summed E-state index contributed by atoms with van der Waals surface area (Å²) < 4.78 is 23.3. The molecule has 0 aromatic carbocycles. The summed E-state index contributed by atoms with van der Waals surface area (Å²) in [4.78, 5) is 60.8. The number of unbranched alkanes of at least 4 members (excludes halogenated alkanes) is 23. The van der Waals surface area contributed by atoms with Gasteiger partial charge in [-0.3, -0.25) is 14.5 Å². The predicted molar refractivity (Wildman–Crippen MR) is 301 cm³/mol. The van der Waals surface area contributed by atoms with Gasteiger partial charge in [0, 0.05) is 65.2 Å². The number of rotatable bonds is 54. The standard InChI is InChI=1S/C60H118N4O8/c1-8-15-20-25-28-35-44-63(46-37-33-42-57(65)69-52-39-30-27-22-17-10-3)59(67)70-53-50-62(49-48-61(13-6)14-7)51-54-71-60(68)64(45-36-29-26-21-16-9-2)47-38-34-43-58(66)72-55-56(40-31-23-18-11-4)41-32-24-19-12-5/h56H,8-55H2,1-7H3. The molecular weight excluding hydrogens is 905 g/mol. The first-order chi connectivity index (χ1) is 35.2. The summed E-state index contributed by atoms with van der Waals surface area (Å²) >= 11 is 0. The van der Waals surface area contributed by atoms with Crippen LogP contribution in [0, 0.1) is 5.92 Å². The monoisotopic (exact) mass is 1020 g/mol. The highest BCUT2D eigenvalue weighted by atomic mass is 16.6. The summed E-state index contributed by atoms with van der Waals surface area (Å²) in [7, 11) is 0. The zero-order chi connectivity index (χ0) is 53.0. The molecule has 0 rings (SSSR count). The smallest absolute Gasteiger partial charge is 0.409 e. The van der Waals surface area contributed by atoms with E-state index in [0.29, 0.717) is 84.1 Å². The van der Waals surface area contributed by atoms with Crippen molar-refractivity contribution in [2.24, 2.45) is 5.92 Å². The first-order valence-electron chi connectivity index (χ1n) is 30.8. The molecule has 0 spiro atoms. The van der Waals surface area contributed by atoms with Gasteiger partial charge in [-0.05, 0) is 76.8 Å². The van der Waals surface area contributed by atoms with E-state index in [-0.39, 0.29) is 37.3 Å². The zero-order valence-electron chi connectivity index (χ0n) is 48.6. The van der Waals surface area contributed by atoms with E-state index in [4.69, 9.17) is 18.9 Å².